The van der Waals surface area contributed by atoms with Crippen LogP contribution in [0.5, 0.6) is 0 Å². The van der Waals surface area contributed by atoms with E-state index in [1.807, 2.05) is 84.9 Å². The predicted octanol–water partition coefficient (Wildman–Crippen LogP) is 10.2. The van der Waals surface area contributed by atoms with E-state index in [0.717, 1.165) is 45.8 Å². The summed E-state index contributed by atoms with van der Waals surface area (Å²) in [6, 6.07) is 31.6. The second-order valence-electron chi connectivity index (χ2n) is 9.50. The molecule has 0 atom stereocenters. The summed E-state index contributed by atoms with van der Waals surface area (Å²) in [4.78, 5) is 0. The van der Waals surface area contributed by atoms with E-state index >= 15 is 0 Å². The molecular formula is C34H18F4. The fourth-order valence-electron chi connectivity index (χ4n) is 5.52. The van der Waals surface area contributed by atoms with Crippen molar-refractivity contribution in [3.8, 4) is 22.3 Å². The van der Waals surface area contributed by atoms with E-state index in [-0.39, 0.29) is 0 Å². The molecule has 0 saturated heterocycles. The summed E-state index contributed by atoms with van der Waals surface area (Å²) < 4.78 is 59.1. The van der Waals surface area contributed by atoms with Gasteiger partial charge in [0.05, 0.1) is 0 Å². The summed E-state index contributed by atoms with van der Waals surface area (Å²) in [5.41, 5.74) is 2.42. The molecule has 0 unspecified atom stereocenters. The average Bonchev–Trinajstić information content (AvgIpc) is 2.93. The Kier molecular flexibility index (Phi) is 4.98. The Morgan fingerprint density at radius 3 is 0.974 bits per heavy atom. The van der Waals surface area contributed by atoms with Gasteiger partial charge in [-0.2, -0.15) is 0 Å². The minimum atomic E-state index is -1.01. The SMILES string of the molecule is Fc1cc2c(-c3ccc4ccccc4c3)c3cc(F)c(F)cc3c(-c3ccc4ccccc4c3)c2cc1F. The van der Waals surface area contributed by atoms with Crippen LogP contribution in [0, 0.1) is 23.3 Å². The van der Waals surface area contributed by atoms with Crippen LogP contribution in [-0.4, -0.2) is 0 Å². The minimum Gasteiger partial charge on any atom is -0.204 e. The van der Waals surface area contributed by atoms with Crippen molar-refractivity contribution in [1.29, 1.82) is 0 Å². The highest BCUT2D eigenvalue weighted by molar-refractivity contribution is 6.22. The van der Waals surface area contributed by atoms with Crippen molar-refractivity contribution in [1.82, 2.24) is 0 Å². The Bertz CT molecular complexity index is 1860. The number of benzene rings is 7. The van der Waals surface area contributed by atoms with Crippen molar-refractivity contribution in [2.24, 2.45) is 0 Å². The molecule has 0 saturated carbocycles. The molecule has 4 heteroatoms. The molecular weight excluding hydrogens is 484 g/mol. The van der Waals surface area contributed by atoms with Crippen LogP contribution in [-0.2, 0) is 0 Å². The topological polar surface area (TPSA) is 0 Å². The normalized spacial score (nSPS) is 11.7. The van der Waals surface area contributed by atoms with Crippen molar-refractivity contribution >= 4 is 43.1 Å². The van der Waals surface area contributed by atoms with E-state index < -0.39 is 23.3 Å². The van der Waals surface area contributed by atoms with E-state index in [2.05, 4.69) is 0 Å². The fourth-order valence-corrected chi connectivity index (χ4v) is 5.52. The Morgan fingerprint density at radius 2 is 0.632 bits per heavy atom. The van der Waals surface area contributed by atoms with Crippen molar-refractivity contribution < 1.29 is 17.6 Å². The molecule has 7 rings (SSSR count). The van der Waals surface area contributed by atoms with Crippen LogP contribution in [0.15, 0.2) is 109 Å². The second kappa shape index (κ2) is 8.42. The fraction of sp³-hybridized carbons (Fsp3) is 0. The van der Waals surface area contributed by atoms with Gasteiger partial charge in [-0.3, -0.25) is 0 Å². The highest BCUT2D eigenvalue weighted by atomic mass is 19.2. The lowest BCUT2D eigenvalue weighted by Crippen LogP contribution is -1.96. The maximum absolute atomic E-state index is 14.8. The van der Waals surface area contributed by atoms with E-state index in [4.69, 9.17) is 0 Å². The first kappa shape index (κ1) is 22.5. The predicted molar refractivity (Wildman–Crippen MR) is 147 cm³/mol. The Morgan fingerprint density at radius 1 is 0.316 bits per heavy atom. The maximum atomic E-state index is 14.8. The lowest BCUT2D eigenvalue weighted by Gasteiger charge is -2.19. The van der Waals surface area contributed by atoms with Crippen LogP contribution in [0.2, 0.25) is 0 Å². The average molecular weight is 503 g/mol. The lowest BCUT2D eigenvalue weighted by atomic mass is 9.85. The third-order valence-corrected chi connectivity index (χ3v) is 7.27. The van der Waals surface area contributed by atoms with Crippen LogP contribution >= 0.6 is 0 Å². The third kappa shape index (κ3) is 3.45. The molecule has 7 aromatic carbocycles. The summed E-state index contributed by atoms with van der Waals surface area (Å²) in [5.74, 6) is -4.03. The van der Waals surface area contributed by atoms with Gasteiger partial charge in [-0.25, -0.2) is 17.6 Å². The van der Waals surface area contributed by atoms with E-state index in [0.29, 0.717) is 43.8 Å². The first-order valence-electron chi connectivity index (χ1n) is 12.2. The summed E-state index contributed by atoms with van der Waals surface area (Å²) in [6.07, 6.45) is 0. The molecule has 7 aromatic rings. The molecule has 182 valence electrons. The Hall–Kier alpha value is -4.70. The number of hydrogen-bond donors (Lipinski definition) is 0. The summed E-state index contributed by atoms with van der Waals surface area (Å²) >= 11 is 0. The standard InChI is InChI=1S/C34H18F4/c35-29-15-25-27(17-31(29)37)34(24-12-10-20-6-2-4-8-22(20)14-24)28-18-32(38)30(36)16-26(28)33(25)23-11-9-19-5-1-3-7-21(19)13-23/h1-18H. The molecule has 0 aliphatic heterocycles. The molecule has 0 N–H and O–H groups in total. The summed E-state index contributed by atoms with van der Waals surface area (Å²) in [7, 11) is 0. The molecule has 0 aliphatic rings. The highest BCUT2D eigenvalue weighted by Crippen LogP contribution is 2.45. The molecule has 0 aliphatic carbocycles. The Balaban J connectivity index is 1.68. The minimum absolute atomic E-state index is 0.417. The number of rotatable bonds is 2. The van der Waals surface area contributed by atoms with Gasteiger partial charge in [-0.1, -0.05) is 72.8 Å². The van der Waals surface area contributed by atoms with Gasteiger partial charge in [0, 0.05) is 0 Å². The van der Waals surface area contributed by atoms with Gasteiger partial charge >= 0.3 is 0 Å². The van der Waals surface area contributed by atoms with Gasteiger partial charge in [0.25, 0.3) is 0 Å². The van der Waals surface area contributed by atoms with Crippen molar-refractivity contribution in [3.05, 3.63) is 132 Å². The monoisotopic (exact) mass is 502 g/mol. The van der Waals surface area contributed by atoms with E-state index in [1.165, 1.54) is 0 Å². The van der Waals surface area contributed by atoms with E-state index in [9.17, 15) is 17.6 Å². The van der Waals surface area contributed by atoms with E-state index in [1.54, 1.807) is 0 Å². The van der Waals surface area contributed by atoms with Crippen LogP contribution in [0.1, 0.15) is 0 Å². The van der Waals surface area contributed by atoms with Crippen LogP contribution in [0.25, 0.3) is 65.3 Å². The molecule has 0 bridgehead atoms. The molecule has 0 nitrogen and oxygen atoms in total. The first-order valence-corrected chi connectivity index (χ1v) is 12.2. The van der Waals surface area contributed by atoms with Crippen molar-refractivity contribution in [3.63, 3.8) is 0 Å². The summed E-state index contributed by atoms with van der Waals surface area (Å²) in [6.45, 7) is 0. The van der Waals surface area contributed by atoms with Gasteiger partial charge in [0.15, 0.2) is 23.3 Å². The van der Waals surface area contributed by atoms with Gasteiger partial charge in [-0.05, 0) is 102 Å². The largest absolute Gasteiger partial charge is 0.204 e. The summed E-state index contributed by atoms with van der Waals surface area (Å²) in [5, 5.41) is 5.56. The highest BCUT2D eigenvalue weighted by Gasteiger charge is 2.21. The zero-order chi connectivity index (χ0) is 26.0. The third-order valence-electron chi connectivity index (χ3n) is 7.27. The van der Waals surface area contributed by atoms with Gasteiger partial charge < -0.3 is 0 Å². The van der Waals surface area contributed by atoms with Gasteiger partial charge in [0.1, 0.15) is 0 Å². The molecule has 0 amide bonds. The molecule has 0 fully saturated rings. The number of hydrogen-bond acceptors (Lipinski definition) is 0. The van der Waals surface area contributed by atoms with Gasteiger partial charge in [-0.15, -0.1) is 0 Å². The number of fused-ring (bicyclic) bond motifs is 4. The molecule has 0 aromatic heterocycles. The molecule has 0 heterocycles. The van der Waals surface area contributed by atoms with Crippen LogP contribution in [0.3, 0.4) is 0 Å². The zero-order valence-corrected chi connectivity index (χ0v) is 19.9. The van der Waals surface area contributed by atoms with Crippen LogP contribution < -0.4 is 0 Å². The quantitative estimate of drug-likeness (QED) is 0.163. The van der Waals surface area contributed by atoms with Gasteiger partial charge in [0.2, 0.25) is 0 Å². The maximum Gasteiger partial charge on any atom is 0.159 e. The van der Waals surface area contributed by atoms with Crippen molar-refractivity contribution in [2.75, 3.05) is 0 Å². The number of halogens is 4. The zero-order valence-electron chi connectivity index (χ0n) is 19.9. The molecule has 0 spiro atoms. The van der Waals surface area contributed by atoms with Crippen LogP contribution in [0.4, 0.5) is 17.6 Å². The smallest absolute Gasteiger partial charge is 0.159 e. The molecule has 38 heavy (non-hydrogen) atoms. The first-order chi connectivity index (χ1) is 18.5. The lowest BCUT2D eigenvalue weighted by molar-refractivity contribution is 0.510. The Labute approximate surface area is 215 Å². The second-order valence-corrected chi connectivity index (χ2v) is 9.50. The van der Waals surface area contributed by atoms with Crippen molar-refractivity contribution in [2.45, 2.75) is 0 Å². The molecule has 0 radical (unpaired) electrons.